The summed E-state index contributed by atoms with van der Waals surface area (Å²) in [5, 5.41) is 4.44. The molecule has 2 rings (SSSR count). The minimum Gasteiger partial charge on any atom is -0.306 e. The van der Waals surface area contributed by atoms with E-state index < -0.39 is 0 Å². The fourth-order valence-electron chi connectivity index (χ4n) is 2.55. The molecule has 1 aromatic heterocycles. The van der Waals surface area contributed by atoms with E-state index in [4.69, 9.17) is 0 Å². The van der Waals surface area contributed by atoms with Gasteiger partial charge in [0.1, 0.15) is 5.82 Å². The van der Waals surface area contributed by atoms with Crippen molar-refractivity contribution in [1.82, 2.24) is 10.3 Å². The van der Waals surface area contributed by atoms with Gasteiger partial charge in [0, 0.05) is 17.3 Å². The van der Waals surface area contributed by atoms with Gasteiger partial charge in [-0.1, -0.05) is 0 Å². The molecule has 4 heteroatoms. The zero-order chi connectivity index (χ0) is 13.0. The second-order valence-corrected chi connectivity index (χ2v) is 6.14. The van der Waals surface area contributed by atoms with E-state index in [9.17, 15) is 4.39 Å². The largest absolute Gasteiger partial charge is 0.306 e. The predicted molar refractivity (Wildman–Crippen MR) is 75.3 cm³/mol. The third-order valence-electron chi connectivity index (χ3n) is 3.69. The highest BCUT2D eigenvalue weighted by Gasteiger charge is 2.22. The molecule has 0 radical (unpaired) electrons. The highest BCUT2D eigenvalue weighted by atomic mass is 32.2. The summed E-state index contributed by atoms with van der Waals surface area (Å²) in [6.07, 6.45) is 8.54. The molecule has 1 heterocycles. The number of nitrogens with one attached hydrogen (secondary N) is 1. The average Bonchev–Trinajstić information content (AvgIpc) is 2.40. The van der Waals surface area contributed by atoms with E-state index in [0.29, 0.717) is 6.04 Å². The summed E-state index contributed by atoms with van der Waals surface area (Å²) < 4.78 is 12.8. The second kappa shape index (κ2) is 6.53. The molecule has 1 fully saturated rings. The summed E-state index contributed by atoms with van der Waals surface area (Å²) in [6, 6.07) is 4.02. The predicted octanol–water partition coefficient (Wildman–Crippen LogP) is 3.55. The van der Waals surface area contributed by atoms with Crippen LogP contribution in [0.4, 0.5) is 4.39 Å². The van der Waals surface area contributed by atoms with E-state index in [1.165, 1.54) is 37.9 Å². The molecule has 1 atom stereocenters. The van der Waals surface area contributed by atoms with Gasteiger partial charge in [-0.3, -0.25) is 4.98 Å². The van der Waals surface area contributed by atoms with Gasteiger partial charge in [-0.2, -0.15) is 11.8 Å². The molecule has 1 aliphatic carbocycles. The first-order valence-corrected chi connectivity index (χ1v) is 7.88. The lowest BCUT2D eigenvalue weighted by Gasteiger charge is -2.30. The van der Waals surface area contributed by atoms with Crippen LogP contribution in [-0.4, -0.2) is 22.5 Å². The zero-order valence-corrected chi connectivity index (χ0v) is 11.8. The first-order valence-electron chi connectivity index (χ1n) is 6.59. The Morgan fingerprint density at radius 1 is 1.33 bits per heavy atom. The van der Waals surface area contributed by atoms with Crippen LogP contribution in [0.15, 0.2) is 18.3 Å². The monoisotopic (exact) mass is 268 g/mol. The second-order valence-electron chi connectivity index (χ2n) is 5.00. The lowest BCUT2D eigenvalue weighted by atomic mass is 9.94. The molecule has 1 aliphatic rings. The molecule has 0 aliphatic heterocycles. The molecule has 0 amide bonds. The number of hydrogen-bond acceptors (Lipinski definition) is 3. The van der Waals surface area contributed by atoms with Crippen LogP contribution in [0, 0.1) is 5.82 Å². The number of nitrogens with zero attached hydrogens (tertiary/aromatic N) is 1. The Balaban J connectivity index is 1.84. The molecule has 2 nitrogen and oxygen atoms in total. The summed E-state index contributed by atoms with van der Waals surface area (Å²) in [4.78, 5) is 4.13. The van der Waals surface area contributed by atoms with Crippen molar-refractivity contribution < 1.29 is 4.39 Å². The van der Waals surface area contributed by atoms with Crippen LogP contribution in [0.25, 0.3) is 0 Å². The quantitative estimate of drug-likeness (QED) is 0.904. The molecule has 18 heavy (non-hydrogen) atoms. The number of hydrogen-bond donors (Lipinski definition) is 1. The van der Waals surface area contributed by atoms with Crippen molar-refractivity contribution in [2.24, 2.45) is 0 Å². The van der Waals surface area contributed by atoms with E-state index in [2.05, 4.69) is 23.5 Å². The average molecular weight is 268 g/mol. The number of rotatable bonds is 4. The van der Waals surface area contributed by atoms with Crippen molar-refractivity contribution in [2.45, 2.75) is 49.9 Å². The van der Waals surface area contributed by atoms with Crippen LogP contribution in [-0.2, 0) is 0 Å². The molecule has 0 spiro atoms. The first-order chi connectivity index (χ1) is 8.69. The minimum atomic E-state index is -0.272. The van der Waals surface area contributed by atoms with Gasteiger partial charge in [-0.05, 0) is 51.0 Å². The van der Waals surface area contributed by atoms with Crippen molar-refractivity contribution in [3.63, 3.8) is 0 Å². The first kappa shape index (κ1) is 13.8. The Morgan fingerprint density at radius 2 is 2.06 bits per heavy atom. The minimum absolute atomic E-state index is 0.196. The van der Waals surface area contributed by atoms with Crippen LogP contribution >= 0.6 is 11.8 Å². The maximum Gasteiger partial charge on any atom is 0.141 e. The van der Waals surface area contributed by atoms with Crippen LogP contribution < -0.4 is 5.32 Å². The third-order valence-corrected chi connectivity index (χ3v) is 4.83. The lowest BCUT2D eigenvalue weighted by Crippen LogP contribution is -2.35. The number of thioether (sulfide) groups is 1. The van der Waals surface area contributed by atoms with Gasteiger partial charge >= 0.3 is 0 Å². The maximum atomic E-state index is 12.8. The summed E-state index contributed by atoms with van der Waals surface area (Å²) in [5.41, 5.74) is 0.920. The summed E-state index contributed by atoms with van der Waals surface area (Å²) >= 11 is 1.98. The van der Waals surface area contributed by atoms with Gasteiger partial charge in [0.25, 0.3) is 0 Å². The highest BCUT2D eigenvalue weighted by Crippen LogP contribution is 2.28. The molecule has 100 valence electrons. The molecule has 0 saturated heterocycles. The molecule has 1 unspecified atom stereocenters. The number of pyridine rings is 1. The van der Waals surface area contributed by atoms with Crippen LogP contribution in [0.3, 0.4) is 0 Å². The number of halogens is 1. The molecule has 1 aromatic rings. The van der Waals surface area contributed by atoms with E-state index >= 15 is 0 Å². The van der Waals surface area contributed by atoms with Crippen LogP contribution in [0.1, 0.15) is 44.3 Å². The molecular weight excluding hydrogens is 247 g/mol. The van der Waals surface area contributed by atoms with Crippen molar-refractivity contribution in [3.8, 4) is 0 Å². The van der Waals surface area contributed by atoms with Gasteiger partial charge in [0.05, 0.1) is 11.9 Å². The van der Waals surface area contributed by atoms with Gasteiger partial charge in [0.15, 0.2) is 0 Å². The smallest absolute Gasteiger partial charge is 0.141 e. The summed E-state index contributed by atoms with van der Waals surface area (Å²) in [6.45, 7) is 2.10. The molecule has 1 saturated carbocycles. The van der Waals surface area contributed by atoms with E-state index in [0.717, 1.165) is 10.9 Å². The third kappa shape index (κ3) is 3.69. The topological polar surface area (TPSA) is 24.9 Å². The van der Waals surface area contributed by atoms with Gasteiger partial charge < -0.3 is 5.32 Å². The Hall–Kier alpha value is -0.610. The Labute approximate surface area is 113 Å². The van der Waals surface area contributed by atoms with Crippen molar-refractivity contribution in [1.29, 1.82) is 0 Å². The Kier molecular flexibility index (Phi) is 5.01. The van der Waals surface area contributed by atoms with E-state index in [-0.39, 0.29) is 11.9 Å². The van der Waals surface area contributed by atoms with Crippen molar-refractivity contribution in [3.05, 3.63) is 29.8 Å². The summed E-state index contributed by atoms with van der Waals surface area (Å²) in [5.74, 6) is -0.272. The normalized spacial score (nSPS) is 25.9. The van der Waals surface area contributed by atoms with Crippen LogP contribution in [0.5, 0.6) is 0 Å². The van der Waals surface area contributed by atoms with E-state index in [1.54, 1.807) is 6.07 Å². The van der Waals surface area contributed by atoms with E-state index in [1.807, 2.05) is 11.8 Å². The molecule has 1 N–H and O–H groups in total. The fourth-order valence-corrected chi connectivity index (χ4v) is 3.29. The SMILES string of the molecule is CSC1CCC(NC(C)c2ccc(F)cn2)CC1. The molecular formula is C14H21FN2S. The summed E-state index contributed by atoms with van der Waals surface area (Å²) in [7, 11) is 0. The molecule has 0 bridgehead atoms. The highest BCUT2D eigenvalue weighted by molar-refractivity contribution is 7.99. The van der Waals surface area contributed by atoms with Crippen molar-refractivity contribution >= 4 is 11.8 Å². The fraction of sp³-hybridized carbons (Fsp3) is 0.643. The van der Waals surface area contributed by atoms with Gasteiger partial charge in [-0.15, -0.1) is 0 Å². The number of aromatic nitrogens is 1. The Bertz CT molecular complexity index is 361. The lowest BCUT2D eigenvalue weighted by molar-refractivity contribution is 0.349. The van der Waals surface area contributed by atoms with Crippen molar-refractivity contribution in [2.75, 3.05) is 6.26 Å². The van der Waals surface area contributed by atoms with Gasteiger partial charge in [-0.25, -0.2) is 4.39 Å². The zero-order valence-electron chi connectivity index (χ0n) is 11.0. The van der Waals surface area contributed by atoms with Crippen LogP contribution in [0.2, 0.25) is 0 Å². The Morgan fingerprint density at radius 3 is 2.61 bits per heavy atom. The molecule has 0 aromatic carbocycles. The standard InChI is InChI=1S/C14H21FN2S/c1-10(14-8-3-11(15)9-16-14)17-12-4-6-13(18-2)7-5-12/h3,8-10,12-13,17H,4-7H2,1-2H3. The van der Waals surface area contributed by atoms with Gasteiger partial charge in [0.2, 0.25) is 0 Å². The maximum absolute atomic E-state index is 12.8.